The van der Waals surface area contributed by atoms with Crippen molar-refractivity contribution in [3.63, 3.8) is 0 Å². The van der Waals surface area contributed by atoms with Gasteiger partial charge in [-0.15, -0.1) is 0 Å². The summed E-state index contributed by atoms with van der Waals surface area (Å²) in [5.74, 6) is 0.896. The largest absolute Gasteiger partial charge is 0.365 e. The minimum atomic E-state index is 0.730. The molecular formula is C13H12N2. The summed E-state index contributed by atoms with van der Waals surface area (Å²) >= 11 is 0. The summed E-state index contributed by atoms with van der Waals surface area (Å²) in [7, 11) is 0. The van der Waals surface area contributed by atoms with Gasteiger partial charge in [-0.2, -0.15) is 0 Å². The van der Waals surface area contributed by atoms with Crippen molar-refractivity contribution in [2.75, 3.05) is 11.9 Å². The monoisotopic (exact) mass is 196 g/mol. The molecule has 1 N–H and O–H groups in total. The average molecular weight is 196 g/mol. The van der Waals surface area contributed by atoms with Crippen molar-refractivity contribution in [2.24, 2.45) is 0 Å². The van der Waals surface area contributed by atoms with E-state index in [1.165, 1.54) is 5.56 Å². The predicted octanol–water partition coefficient (Wildman–Crippen LogP) is 2.61. The van der Waals surface area contributed by atoms with E-state index in [9.17, 15) is 0 Å². The summed E-state index contributed by atoms with van der Waals surface area (Å²) < 4.78 is 0. The molecule has 2 heteroatoms. The molecule has 1 aliphatic carbocycles. The SMILES string of the molecule is Cc1ccnc(NCC2=C=C=CC=C2)c1. The van der Waals surface area contributed by atoms with E-state index in [1.807, 2.05) is 30.4 Å². The zero-order chi connectivity index (χ0) is 10.5. The van der Waals surface area contributed by atoms with Crippen molar-refractivity contribution < 1.29 is 0 Å². The molecule has 0 saturated heterocycles. The number of anilines is 1. The lowest BCUT2D eigenvalue weighted by atomic mass is 10.2. The lowest BCUT2D eigenvalue weighted by Crippen LogP contribution is -2.04. The number of pyridine rings is 1. The molecule has 2 rings (SSSR count). The van der Waals surface area contributed by atoms with Crippen molar-refractivity contribution in [2.45, 2.75) is 6.92 Å². The molecule has 0 bridgehead atoms. The van der Waals surface area contributed by atoms with E-state index >= 15 is 0 Å². The Kier molecular flexibility index (Phi) is 2.85. The highest BCUT2D eigenvalue weighted by Gasteiger charge is 1.95. The predicted molar refractivity (Wildman–Crippen MR) is 61.7 cm³/mol. The molecule has 0 spiro atoms. The molecular weight excluding hydrogens is 184 g/mol. The van der Waals surface area contributed by atoms with Crippen LogP contribution in [0.5, 0.6) is 0 Å². The van der Waals surface area contributed by atoms with E-state index < -0.39 is 0 Å². The second kappa shape index (κ2) is 4.47. The van der Waals surface area contributed by atoms with Gasteiger partial charge >= 0.3 is 0 Å². The fraction of sp³-hybridized carbons (Fsp3) is 0.154. The first-order valence-corrected chi connectivity index (χ1v) is 4.88. The molecule has 0 saturated carbocycles. The van der Waals surface area contributed by atoms with Gasteiger partial charge in [-0.25, -0.2) is 4.98 Å². The number of hydrogen-bond acceptors (Lipinski definition) is 2. The highest BCUT2D eigenvalue weighted by molar-refractivity contribution is 5.40. The molecule has 0 atom stereocenters. The Morgan fingerprint density at radius 1 is 1.47 bits per heavy atom. The maximum atomic E-state index is 4.22. The van der Waals surface area contributed by atoms with Gasteiger partial charge in [-0.05, 0) is 36.8 Å². The Bertz CT molecular complexity index is 485. The van der Waals surface area contributed by atoms with E-state index in [4.69, 9.17) is 0 Å². The minimum Gasteiger partial charge on any atom is -0.365 e. The Hall–Kier alpha value is -2.01. The molecule has 0 radical (unpaired) electrons. The van der Waals surface area contributed by atoms with E-state index in [-0.39, 0.29) is 0 Å². The van der Waals surface area contributed by atoms with Gasteiger partial charge in [0.05, 0.1) is 0 Å². The highest BCUT2D eigenvalue weighted by Crippen LogP contribution is 2.07. The van der Waals surface area contributed by atoms with Gasteiger partial charge in [0.2, 0.25) is 0 Å². The standard InChI is InChI=1S/C13H12N2/c1-11-7-8-14-13(9-11)15-10-12-5-3-2-4-6-12/h2-3,5,7-9H,10H2,1H3,(H,14,15). The Morgan fingerprint density at radius 2 is 2.40 bits per heavy atom. The normalized spacial score (nSPS) is 12.7. The Balaban J connectivity index is 2.02. The van der Waals surface area contributed by atoms with Crippen LogP contribution in [0.1, 0.15) is 5.56 Å². The second-order valence-corrected chi connectivity index (χ2v) is 3.39. The maximum Gasteiger partial charge on any atom is 0.126 e. The van der Waals surface area contributed by atoms with Crippen LogP contribution in [0, 0.1) is 6.92 Å². The van der Waals surface area contributed by atoms with Gasteiger partial charge < -0.3 is 5.32 Å². The summed E-state index contributed by atoms with van der Waals surface area (Å²) in [5.41, 5.74) is 8.25. The summed E-state index contributed by atoms with van der Waals surface area (Å²) in [5, 5.41) is 3.24. The van der Waals surface area contributed by atoms with Crippen LogP contribution in [0.4, 0.5) is 5.82 Å². The number of hydrogen-bond donors (Lipinski definition) is 1. The molecule has 0 unspecified atom stereocenters. The zero-order valence-electron chi connectivity index (χ0n) is 8.62. The van der Waals surface area contributed by atoms with Crippen LogP contribution in [-0.4, -0.2) is 11.5 Å². The number of nitrogens with zero attached hydrogens (tertiary/aromatic N) is 1. The van der Waals surface area contributed by atoms with E-state index in [2.05, 4.69) is 28.7 Å². The Morgan fingerprint density at radius 3 is 3.13 bits per heavy atom. The van der Waals surface area contributed by atoms with Gasteiger partial charge in [0.25, 0.3) is 0 Å². The summed E-state index contributed by atoms with van der Waals surface area (Å²) in [6.45, 7) is 2.78. The fourth-order valence-electron chi connectivity index (χ4n) is 1.31. The van der Waals surface area contributed by atoms with E-state index in [0.29, 0.717) is 0 Å². The first-order valence-electron chi connectivity index (χ1n) is 4.88. The van der Waals surface area contributed by atoms with E-state index in [1.54, 1.807) is 6.20 Å². The summed E-state index contributed by atoms with van der Waals surface area (Å²) in [4.78, 5) is 4.22. The summed E-state index contributed by atoms with van der Waals surface area (Å²) in [6, 6.07) is 4.00. The van der Waals surface area contributed by atoms with E-state index in [0.717, 1.165) is 17.9 Å². The molecule has 1 aromatic heterocycles. The van der Waals surface area contributed by atoms with Crippen LogP contribution < -0.4 is 5.32 Å². The van der Waals surface area contributed by atoms with Crippen LogP contribution in [0.25, 0.3) is 0 Å². The summed E-state index contributed by atoms with van der Waals surface area (Å²) in [6.07, 6.45) is 7.61. The minimum absolute atomic E-state index is 0.730. The van der Waals surface area contributed by atoms with Gasteiger partial charge in [0.15, 0.2) is 0 Å². The van der Waals surface area contributed by atoms with Gasteiger partial charge in [-0.1, -0.05) is 17.5 Å². The molecule has 1 heterocycles. The van der Waals surface area contributed by atoms with Crippen molar-refractivity contribution in [3.8, 4) is 0 Å². The fourth-order valence-corrected chi connectivity index (χ4v) is 1.31. The van der Waals surface area contributed by atoms with Crippen molar-refractivity contribution in [1.29, 1.82) is 0 Å². The van der Waals surface area contributed by atoms with Crippen LogP contribution in [0.15, 0.2) is 53.6 Å². The third-order valence-corrected chi connectivity index (χ3v) is 2.09. The third-order valence-electron chi connectivity index (χ3n) is 2.09. The van der Waals surface area contributed by atoms with Crippen LogP contribution >= 0.6 is 0 Å². The highest BCUT2D eigenvalue weighted by atomic mass is 15.0. The molecule has 15 heavy (non-hydrogen) atoms. The molecule has 0 fully saturated rings. The van der Waals surface area contributed by atoms with Gasteiger partial charge in [0, 0.05) is 18.3 Å². The number of rotatable bonds is 3. The lowest BCUT2D eigenvalue weighted by Gasteiger charge is -2.05. The molecule has 2 nitrogen and oxygen atoms in total. The number of allylic oxidation sites excluding steroid dienone is 2. The first-order chi connectivity index (χ1) is 7.34. The van der Waals surface area contributed by atoms with Crippen LogP contribution in [0.2, 0.25) is 0 Å². The first kappa shape index (κ1) is 9.54. The van der Waals surface area contributed by atoms with Crippen molar-refractivity contribution >= 4 is 5.82 Å². The second-order valence-electron chi connectivity index (χ2n) is 3.39. The van der Waals surface area contributed by atoms with Crippen molar-refractivity contribution in [1.82, 2.24) is 4.98 Å². The number of nitrogens with one attached hydrogen (secondary N) is 1. The molecule has 0 amide bonds. The zero-order valence-corrected chi connectivity index (χ0v) is 8.62. The quantitative estimate of drug-likeness (QED) is 0.752. The molecule has 1 aromatic rings. The molecule has 0 aliphatic heterocycles. The topological polar surface area (TPSA) is 24.9 Å². The number of aryl methyl sites for hydroxylation is 1. The Labute approximate surface area is 89.4 Å². The smallest absolute Gasteiger partial charge is 0.126 e. The molecule has 1 aliphatic rings. The molecule has 74 valence electrons. The maximum absolute atomic E-state index is 4.22. The van der Waals surface area contributed by atoms with Crippen LogP contribution in [0.3, 0.4) is 0 Å². The van der Waals surface area contributed by atoms with Crippen LogP contribution in [-0.2, 0) is 0 Å². The lowest BCUT2D eigenvalue weighted by molar-refractivity contribution is 1.18. The molecule has 0 aromatic carbocycles. The van der Waals surface area contributed by atoms with Gasteiger partial charge in [0.1, 0.15) is 5.82 Å². The third kappa shape index (κ3) is 2.72. The number of aromatic nitrogens is 1. The van der Waals surface area contributed by atoms with Gasteiger partial charge in [-0.3, -0.25) is 0 Å². The average Bonchev–Trinajstić information content (AvgIpc) is 2.28. The van der Waals surface area contributed by atoms with Crippen molar-refractivity contribution in [3.05, 3.63) is 59.2 Å².